The zero-order valence-corrected chi connectivity index (χ0v) is 22.4. The third-order valence-electron chi connectivity index (χ3n) is 6.76. The van der Waals surface area contributed by atoms with Crippen LogP contribution in [0.2, 0.25) is 0 Å². The molecule has 3 fully saturated rings. The van der Waals surface area contributed by atoms with Crippen LogP contribution >= 0.6 is 24.0 Å². The van der Waals surface area contributed by atoms with Gasteiger partial charge in [0.05, 0.1) is 46.1 Å². The molecule has 186 valence electrons. The second-order valence-corrected chi connectivity index (χ2v) is 8.67. The molecule has 3 aliphatic heterocycles. The van der Waals surface area contributed by atoms with Crippen molar-refractivity contribution < 1.29 is 14.2 Å². The first-order valence-corrected chi connectivity index (χ1v) is 12.1. The fraction of sp³-hybridized carbons (Fsp3) is 0.708. The fourth-order valence-electron chi connectivity index (χ4n) is 4.92. The average Bonchev–Trinajstić information content (AvgIpc) is 3.35. The topological polar surface area (TPSA) is 61.8 Å². The van der Waals surface area contributed by atoms with Gasteiger partial charge in [-0.3, -0.25) is 14.8 Å². The molecule has 33 heavy (non-hydrogen) atoms. The third-order valence-corrected chi connectivity index (χ3v) is 6.76. The van der Waals surface area contributed by atoms with Gasteiger partial charge in [0.25, 0.3) is 0 Å². The van der Waals surface area contributed by atoms with Gasteiger partial charge in [-0.05, 0) is 31.0 Å². The Morgan fingerprint density at radius 3 is 2.36 bits per heavy atom. The number of hydrogen-bond donors (Lipinski definition) is 1. The van der Waals surface area contributed by atoms with Gasteiger partial charge in [-0.25, -0.2) is 0 Å². The Bertz CT molecular complexity index is 723. The van der Waals surface area contributed by atoms with E-state index in [2.05, 4.69) is 39.1 Å². The van der Waals surface area contributed by atoms with Crippen molar-refractivity contribution >= 4 is 29.9 Å². The molecule has 4 rings (SSSR count). The Hall–Kier alpha value is -1.14. The predicted octanol–water partition coefficient (Wildman–Crippen LogP) is 2.06. The minimum absolute atomic E-state index is 0. The van der Waals surface area contributed by atoms with Crippen LogP contribution in [-0.2, 0) is 9.47 Å². The first-order chi connectivity index (χ1) is 15.8. The summed E-state index contributed by atoms with van der Waals surface area (Å²) in [6, 6.07) is 9.27. The highest BCUT2D eigenvalue weighted by molar-refractivity contribution is 14.0. The number of methoxy groups -OCH3 is 1. The van der Waals surface area contributed by atoms with Crippen molar-refractivity contribution in [1.29, 1.82) is 0 Å². The normalized spacial score (nSPS) is 23.8. The average molecular weight is 574 g/mol. The van der Waals surface area contributed by atoms with E-state index in [1.165, 1.54) is 12.0 Å². The van der Waals surface area contributed by atoms with Crippen molar-refractivity contribution in [3.05, 3.63) is 29.8 Å². The predicted molar refractivity (Wildman–Crippen MR) is 142 cm³/mol. The number of nitrogens with one attached hydrogen (secondary N) is 1. The number of rotatable bonds is 7. The highest BCUT2D eigenvalue weighted by atomic mass is 127. The Labute approximate surface area is 215 Å². The largest absolute Gasteiger partial charge is 0.497 e. The maximum atomic E-state index is 5.61. The molecule has 1 N–H and O–H groups in total. The van der Waals surface area contributed by atoms with E-state index in [-0.39, 0.29) is 30.0 Å². The van der Waals surface area contributed by atoms with Crippen molar-refractivity contribution in [1.82, 2.24) is 20.0 Å². The van der Waals surface area contributed by atoms with Crippen molar-refractivity contribution in [2.75, 3.05) is 85.9 Å². The molecule has 0 aromatic heterocycles. The van der Waals surface area contributed by atoms with E-state index < -0.39 is 0 Å². The summed E-state index contributed by atoms with van der Waals surface area (Å²) in [6.07, 6.45) is 1.19. The number of nitrogens with zero attached hydrogens (tertiary/aromatic N) is 4. The van der Waals surface area contributed by atoms with E-state index in [9.17, 15) is 0 Å². The Morgan fingerprint density at radius 2 is 1.73 bits per heavy atom. The summed E-state index contributed by atoms with van der Waals surface area (Å²) >= 11 is 0. The quantitative estimate of drug-likeness (QED) is 0.305. The maximum Gasteiger partial charge on any atom is 0.194 e. The van der Waals surface area contributed by atoms with Crippen LogP contribution in [0.4, 0.5) is 0 Å². The molecule has 8 nitrogen and oxygen atoms in total. The first-order valence-electron chi connectivity index (χ1n) is 12.1. The lowest BCUT2D eigenvalue weighted by Crippen LogP contribution is -2.47. The summed E-state index contributed by atoms with van der Waals surface area (Å²) in [4.78, 5) is 12.7. The molecule has 0 saturated carbocycles. The maximum absolute atomic E-state index is 5.61. The molecule has 0 spiro atoms. The molecule has 0 radical (unpaired) electrons. The summed E-state index contributed by atoms with van der Waals surface area (Å²) in [5, 5.41) is 3.55. The minimum Gasteiger partial charge on any atom is -0.497 e. The summed E-state index contributed by atoms with van der Waals surface area (Å²) in [5.74, 6) is 1.92. The zero-order chi connectivity index (χ0) is 22.2. The van der Waals surface area contributed by atoms with Gasteiger partial charge in [0.1, 0.15) is 5.75 Å². The van der Waals surface area contributed by atoms with Crippen molar-refractivity contribution in [3.8, 4) is 5.75 Å². The lowest BCUT2D eigenvalue weighted by atomic mass is 10.0. The van der Waals surface area contributed by atoms with Crippen LogP contribution in [0.5, 0.6) is 5.75 Å². The summed E-state index contributed by atoms with van der Waals surface area (Å²) in [6.45, 7) is 13.1. The van der Waals surface area contributed by atoms with Crippen LogP contribution in [0, 0.1) is 0 Å². The van der Waals surface area contributed by atoms with Crippen LogP contribution < -0.4 is 10.1 Å². The fourth-order valence-corrected chi connectivity index (χ4v) is 4.92. The first kappa shape index (κ1) is 26.5. The van der Waals surface area contributed by atoms with Crippen LogP contribution in [-0.4, -0.2) is 113 Å². The number of ether oxygens (including phenoxy) is 3. The Balaban J connectivity index is 0.00000306. The van der Waals surface area contributed by atoms with Gasteiger partial charge in [0.15, 0.2) is 5.96 Å². The molecular formula is C24H40IN5O3. The van der Waals surface area contributed by atoms with Crippen molar-refractivity contribution in [3.63, 3.8) is 0 Å². The molecule has 2 unspecified atom stereocenters. The van der Waals surface area contributed by atoms with Crippen LogP contribution in [0.3, 0.4) is 0 Å². The third kappa shape index (κ3) is 7.17. The zero-order valence-electron chi connectivity index (χ0n) is 20.1. The minimum atomic E-state index is 0. The molecule has 1 aromatic carbocycles. The van der Waals surface area contributed by atoms with Gasteiger partial charge < -0.3 is 24.4 Å². The van der Waals surface area contributed by atoms with Crippen molar-refractivity contribution in [2.45, 2.75) is 25.4 Å². The van der Waals surface area contributed by atoms with E-state index in [1.807, 2.05) is 12.1 Å². The summed E-state index contributed by atoms with van der Waals surface area (Å²) in [7, 11) is 1.71. The molecule has 2 atom stereocenters. The van der Waals surface area contributed by atoms with E-state index in [0.717, 1.165) is 90.5 Å². The molecular weight excluding hydrogens is 533 g/mol. The summed E-state index contributed by atoms with van der Waals surface area (Å²) in [5.41, 5.74) is 1.28. The van der Waals surface area contributed by atoms with Crippen molar-refractivity contribution in [2.24, 2.45) is 4.99 Å². The molecule has 0 bridgehead atoms. The molecule has 3 aliphatic rings. The summed E-state index contributed by atoms with van der Waals surface area (Å²) < 4.78 is 16.5. The molecule has 9 heteroatoms. The monoisotopic (exact) mass is 573 g/mol. The Morgan fingerprint density at radius 1 is 1.06 bits per heavy atom. The molecule has 0 amide bonds. The Kier molecular flexibility index (Phi) is 11.0. The second kappa shape index (κ2) is 13.7. The van der Waals surface area contributed by atoms with E-state index in [0.29, 0.717) is 6.04 Å². The number of aliphatic imine (C=N–C) groups is 1. The highest BCUT2D eigenvalue weighted by Crippen LogP contribution is 2.25. The number of likely N-dealkylation sites (tertiary alicyclic amines) is 1. The van der Waals surface area contributed by atoms with Gasteiger partial charge in [0.2, 0.25) is 0 Å². The van der Waals surface area contributed by atoms with E-state index >= 15 is 0 Å². The van der Waals surface area contributed by atoms with Gasteiger partial charge in [-0.1, -0.05) is 12.1 Å². The van der Waals surface area contributed by atoms with E-state index in [4.69, 9.17) is 19.2 Å². The SMILES string of the molecule is CCNC(=NCC(c1ccc(OC)cc1)N1CCOCC1)N1CCC(N2CCOCC2)C1.I. The molecule has 0 aliphatic carbocycles. The van der Waals surface area contributed by atoms with Gasteiger partial charge >= 0.3 is 0 Å². The number of halogens is 1. The number of hydrogen-bond acceptors (Lipinski definition) is 6. The van der Waals surface area contributed by atoms with Crippen LogP contribution in [0.1, 0.15) is 24.9 Å². The smallest absolute Gasteiger partial charge is 0.194 e. The number of benzene rings is 1. The molecule has 1 aromatic rings. The molecule has 3 saturated heterocycles. The van der Waals surface area contributed by atoms with Crippen LogP contribution in [0.15, 0.2) is 29.3 Å². The highest BCUT2D eigenvalue weighted by Gasteiger charge is 2.30. The lowest BCUT2D eigenvalue weighted by molar-refractivity contribution is 0.0178. The van der Waals surface area contributed by atoms with Gasteiger partial charge in [-0.15, -0.1) is 24.0 Å². The second-order valence-electron chi connectivity index (χ2n) is 8.67. The van der Waals surface area contributed by atoms with Gasteiger partial charge in [0, 0.05) is 51.9 Å². The molecule has 3 heterocycles. The lowest BCUT2D eigenvalue weighted by Gasteiger charge is -2.34. The number of morpholine rings is 2. The van der Waals surface area contributed by atoms with Crippen LogP contribution in [0.25, 0.3) is 0 Å². The number of guanidine groups is 1. The standard InChI is InChI=1S/C24H39N5O3.HI/c1-3-25-24(29-9-8-21(19-29)27-10-14-31-15-11-27)26-18-23(28-12-16-32-17-13-28)20-4-6-22(30-2)7-5-20;/h4-7,21,23H,3,8-19H2,1-2H3,(H,25,26);1H. The van der Waals surface area contributed by atoms with E-state index in [1.54, 1.807) is 7.11 Å². The van der Waals surface area contributed by atoms with Gasteiger partial charge in [-0.2, -0.15) is 0 Å².